The summed E-state index contributed by atoms with van der Waals surface area (Å²) in [6, 6.07) is 8.97. The van der Waals surface area contributed by atoms with Crippen LogP contribution in [0.5, 0.6) is 5.75 Å². The van der Waals surface area contributed by atoms with Crippen LogP contribution in [0, 0.1) is 5.82 Å². The molecule has 0 radical (unpaired) electrons. The molecule has 7 nitrogen and oxygen atoms in total. The van der Waals surface area contributed by atoms with Crippen molar-refractivity contribution in [2.24, 2.45) is 5.10 Å². The molecule has 0 spiro atoms. The number of carbonyl (C=O) groups is 1. The number of benzene rings is 2. The number of aromatic hydroxyl groups is 1. The van der Waals surface area contributed by atoms with Gasteiger partial charge in [0.2, 0.25) is 10.0 Å². The van der Waals surface area contributed by atoms with Gasteiger partial charge in [0.15, 0.2) is 0 Å². The Hall–Kier alpha value is -2.30. The lowest BCUT2D eigenvalue weighted by atomic mass is 10.2. The lowest BCUT2D eigenvalue weighted by Crippen LogP contribution is -2.36. The number of nitrogens with one attached hydrogen (secondary N) is 1. The van der Waals surface area contributed by atoms with E-state index in [1.807, 2.05) is 0 Å². The molecular weight excluding hydrogens is 429 g/mol. The second-order valence-corrected chi connectivity index (χ2v) is 8.17. The van der Waals surface area contributed by atoms with Crippen molar-refractivity contribution >= 4 is 38.1 Å². The second kappa shape index (κ2) is 8.39. The average Bonchev–Trinajstić information content (AvgIpc) is 2.58. The molecule has 0 unspecified atom stereocenters. The van der Waals surface area contributed by atoms with Crippen LogP contribution in [0.1, 0.15) is 5.56 Å². The van der Waals surface area contributed by atoms with Gasteiger partial charge in [-0.1, -0.05) is 15.9 Å². The first-order valence-electron chi connectivity index (χ1n) is 7.22. The molecule has 0 saturated carbocycles. The minimum absolute atomic E-state index is 0.0257. The van der Waals surface area contributed by atoms with E-state index in [0.717, 1.165) is 28.6 Å². The number of likely N-dealkylation sites (N-methyl/N-ethyl adjacent to an activating group) is 1. The molecule has 0 bridgehead atoms. The maximum atomic E-state index is 12.9. The number of nitrogens with zero attached hydrogens (tertiary/aromatic N) is 2. The number of sulfonamides is 1. The molecule has 0 atom stereocenters. The first-order valence-corrected chi connectivity index (χ1v) is 9.46. The molecule has 138 valence electrons. The molecular formula is C16H15BrFN3O4S. The van der Waals surface area contributed by atoms with Crippen LogP contribution in [0.2, 0.25) is 0 Å². The summed E-state index contributed by atoms with van der Waals surface area (Å²) in [6.45, 7) is -0.485. The summed E-state index contributed by atoms with van der Waals surface area (Å²) in [7, 11) is -2.71. The van der Waals surface area contributed by atoms with Crippen molar-refractivity contribution in [3.63, 3.8) is 0 Å². The maximum absolute atomic E-state index is 12.9. The highest BCUT2D eigenvalue weighted by Crippen LogP contribution is 2.20. The fourth-order valence-electron chi connectivity index (χ4n) is 1.91. The molecule has 0 fully saturated rings. The zero-order valence-corrected chi connectivity index (χ0v) is 16.0. The van der Waals surface area contributed by atoms with Gasteiger partial charge in [-0.25, -0.2) is 18.2 Å². The number of carbonyl (C=O) groups excluding carboxylic acids is 1. The lowest BCUT2D eigenvalue weighted by molar-refractivity contribution is -0.121. The Morgan fingerprint density at radius 3 is 2.62 bits per heavy atom. The van der Waals surface area contributed by atoms with Gasteiger partial charge < -0.3 is 5.11 Å². The topological polar surface area (TPSA) is 99.1 Å². The van der Waals surface area contributed by atoms with Crippen LogP contribution < -0.4 is 5.43 Å². The minimum atomic E-state index is -3.93. The molecule has 2 N–H and O–H groups in total. The number of phenolic OH excluding ortho intramolecular Hbond substituents is 1. The summed E-state index contributed by atoms with van der Waals surface area (Å²) in [5.41, 5.74) is 2.55. The van der Waals surface area contributed by atoms with Gasteiger partial charge in [0.25, 0.3) is 5.91 Å². The predicted octanol–water partition coefficient (Wildman–Crippen LogP) is 2.06. The second-order valence-electron chi connectivity index (χ2n) is 5.21. The quantitative estimate of drug-likeness (QED) is 0.527. The van der Waals surface area contributed by atoms with Gasteiger partial charge in [-0.3, -0.25) is 4.79 Å². The van der Waals surface area contributed by atoms with Crippen molar-refractivity contribution in [2.45, 2.75) is 4.90 Å². The molecule has 0 aliphatic heterocycles. The number of rotatable bonds is 6. The van der Waals surface area contributed by atoms with Crippen LogP contribution in [-0.4, -0.2) is 43.5 Å². The molecule has 10 heteroatoms. The summed E-state index contributed by atoms with van der Waals surface area (Å²) < 4.78 is 39.1. The minimum Gasteiger partial charge on any atom is -0.507 e. The Bertz CT molecular complexity index is 933. The largest absolute Gasteiger partial charge is 0.507 e. The van der Waals surface area contributed by atoms with Gasteiger partial charge in [-0.2, -0.15) is 9.41 Å². The Morgan fingerprint density at radius 1 is 1.31 bits per heavy atom. The van der Waals surface area contributed by atoms with E-state index in [1.54, 1.807) is 12.1 Å². The van der Waals surface area contributed by atoms with Gasteiger partial charge >= 0.3 is 0 Å². The fraction of sp³-hybridized carbons (Fsp3) is 0.125. The summed E-state index contributed by atoms with van der Waals surface area (Å²) >= 11 is 3.24. The first kappa shape index (κ1) is 20.0. The molecule has 0 saturated heterocycles. The van der Waals surface area contributed by atoms with Crippen molar-refractivity contribution in [1.82, 2.24) is 9.73 Å². The third kappa shape index (κ3) is 5.10. The van der Waals surface area contributed by atoms with Crippen molar-refractivity contribution in [3.8, 4) is 5.75 Å². The number of amides is 1. The molecule has 0 aromatic heterocycles. The van der Waals surface area contributed by atoms with Gasteiger partial charge in [0.1, 0.15) is 11.6 Å². The van der Waals surface area contributed by atoms with Crippen LogP contribution >= 0.6 is 15.9 Å². The molecule has 2 rings (SSSR count). The van der Waals surface area contributed by atoms with Crippen molar-refractivity contribution in [1.29, 1.82) is 0 Å². The molecule has 2 aromatic carbocycles. The third-order valence-corrected chi connectivity index (χ3v) is 5.58. The third-order valence-electron chi connectivity index (χ3n) is 3.27. The van der Waals surface area contributed by atoms with E-state index in [4.69, 9.17) is 0 Å². The highest BCUT2D eigenvalue weighted by molar-refractivity contribution is 9.10. The van der Waals surface area contributed by atoms with Crippen molar-refractivity contribution in [3.05, 3.63) is 58.3 Å². The van der Waals surface area contributed by atoms with Crippen LogP contribution in [0.3, 0.4) is 0 Å². The summed E-state index contributed by atoms with van der Waals surface area (Å²) in [6.07, 6.45) is 1.23. The van der Waals surface area contributed by atoms with Gasteiger partial charge in [0.05, 0.1) is 17.7 Å². The summed E-state index contributed by atoms with van der Waals surface area (Å²) in [4.78, 5) is 11.7. The number of hydrogen-bond acceptors (Lipinski definition) is 5. The summed E-state index contributed by atoms with van der Waals surface area (Å²) in [5.74, 6) is -1.26. The molecule has 0 aliphatic carbocycles. The Kier molecular flexibility index (Phi) is 6.46. The van der Waals surface area contributed by atoms with Crippen LogP contribution in [0.4, 0.5) is 4.39 Å². The summed E-state index contributed by atoms with van der Waals surface area (Å²) in [5, 5.41) is 13.3. The Labute approximate surface area is 158 Å². The van der Waals surface area contributed by atoms with E-state index in [-0.39, 0.29) is 10.6 Å². The fourth-order valence-corrected chi connectivity index (χ4v) is 3.42. The molecule has 1 amide bonds. The van der Waals surface area contributed by atoms with Crippen LogP contribution in [0.15, 0.2) is 56.9 Å². The smallest absolute Gasteiger partial charge is 0.255 e. The highest BCUT2D eigenvalue weighted by atomic mass is 79.9. The van der Waals surface area contributed by atoms with E-state index < -0.39 is 28.3 Å². The number of hydrogen-bond donors (Lipinski definition) is 2. The molecule has 0 aliphatic rings. The van der Waals surface area contributed by atoms with Crippen LogP contribution in [-0.2, 0) is 14.8 Å². The standard InChI is InChI=1S/C16H15BrFN3O4S/c1-21(26(24,25)14-5-3-13(18)4-6-14)10-16(23)20-19-9-11-8-12(17)2-7-15(11)22/h2-9,22H,10H2,1H3,(H,20,23)/b19-9-. The average molecular weight is 444 g/mol. The van der Waals surface area contributed by atoms with Crippen molar-refractivity contribution in [2.75, 3.05) is 13.6 Å². The zero-order valence-electron chi connectivity index (χ0n) is 13.6. The normalized spacial score (nSPS) is 11.8. The SMILES string of the molecule is CN(CC(=O)N/N=C\c1cc(Br)ccc1O)S(=O)(=O)c1ccc(F)cc1. The van der Waals surface area contributed by atoms with Gasteiger partial charge in [-0.15, -0.1) is 0 Å². The first-order chi connectivity index (χ1) is 12.2. The number of hydrazone groups is 1. The van der Waals surface area contributed by atoms with E-state index in [9.17, 15) is 22.7 Å². The van der Waals surface area contributed by atoms with Gasteiger partial charge in [0, 0.05) is 17.1 Å². The number of phenols is 1. The molecule has 2 aromatic rings. The lowest BCUT2D eigenvalue weighted by Gasteiger charge is -2.16. The van der Waals surface area contributed by atoms with E-state index in [1.165, 1.54) is 19.3 Å². The zero-order chi connectivity index (χ0) is 19.3. The highest BCUT2D eigenvalue weighted by Gasteiger charge is 2.22. The maximum Gasteiger partial charge on any atom is 0.255 e. The van der Waals surface area contributed by atoms with E-state index >= 15 is 0 Å². The van der Waals surface area contributed by atoms with E-state index in [0.29, 0.717) is 10.0 Å². The molecule has 26 heavy (non-hydrogen) atoms. The monoisotopic (exact) mass is 443 g/mol. The van der Waals surface area contributed by atoms with Crippen molar-refractivity contribution < 1.29 is 22.7 Å². The van der Waals surface area contributed by atoms with Crippen LogP contribution in [0.25, 0.3) is 0 Å². The van der Waals surface area contributed by atoms with E-state index in [2.05, 4.69) is 26.5 Å². The van der Waals surface area contributed by atoms with Gasteiger partial charge in [-0.05, 0) is 42.5 Å². The predicted molar refractivity (Wildman–Crippen MR) is 97.8 cm³/mol. The molecule has 0 heterocycles. The Balaban J connectivity index is 1.99. The number of halogens is 2. The Morgan fingerprint density at radius 2 is 1.96 bits per heavy atom.